The van der Waals surface area contributed by atoms with Crippen LogP contribution >= 0.6 is 0 Å². The van der Waals surface area contributed by atoms with Crippen LogP contribution in [0.4, 0.5) is 16.0 Å². The van der Waals surface area contributed by atoms with Gasteiger partial charge in [0.25, 0.3) is 5.56 Å². The molecule has 146 valence electrons. The van der Waals surface area contributed by atoms with E-state index < -0.39 is 11.4 Å². The smallest absolute Gasteiger partial charge is 0.288 e. The van der Waals surface area contributed by atoms with E-state index in [-0.39, 0.29) is 18.2 Å². The number of anilines is 2. The summed E-state index contributed by atoms with van der Waals surface area (Å²) in [6.07, 6.45) is 5.96. The van der Waals surface area contributed by atoms with Crippen molar-refractivity contribution in [2.75, 3.05) is 11.9 Å². The maximum atomic E-state index is 14.5. The monoisotopic (exact) mass is 382 g/mol. The van der Waals surface area contributed by atoms with Crippen molar-refractivity contribution in [1.82, 2.24) is 14.5 Å². The van der Waals surface area contributed by atoms with Crippen LogP contribution < -0.4 is 10.9 Å². The summed E-state index contributed by atoms with van der Waals surface area (Å²) in [5, 5.41) is 12.7. The Morgan fingerprint density at radius 3 is 2.64 bits per heavy atom. The first-order valence-corrected chi connectivity index (χ1v) is 9.62. The lowest BCUT2D eigenvalue weighted by molar-refractivity contribution is 0.299. The number of aliphatic hydroxyl groups excluding tert-OH is 1. The van der Waals surface area contributed by atoms with Gasteiger partial charge in [-0.25, -0.2) is 9.37 Å². The van der Waals surface area contributed by atoms with E-state index in [1.807, 2.05) is 24.3 Å². The Hall–Kier alpha value is -2.80. The van der Waals surface area contributed by atoms with Crippen LogP contribution in [-0.4, -0.2) is 26.2 Å². The molecule has 3 aromatic rings. The number of aliphatic hydroxyl groups is 1. The number of fused-ring (bicyclic) bond motifs is 1. The van der Waals surface area contributed by atoms with Gasteiger partial charge >= 0.3 is 0 Å². The second kappa shape index (κ2) is 7.67. The van der Waals surface area contributed by atoms with Crippen molar-refractivity contribution in [2.24, 2.45) is 0 Å². The Morgan fingerprint density at radius 2 is 1.96 bits per heavy atom. The fraction of sp³-hybridized carbons (Fsp3) is 0.381. The fourth-order valence-electron chi connectivity index (χ4n) is 3.88. The van der Waals surface area contributed by atoms with Crippen molar-refractivity contribution < 1.29 is 9.50 Å². The molecule has 4 rings (SSSR count). The Bertz CT molecular complexity index is 1060. The molecule has 0 amide bonds. The van der Waals surface area contributed by atoms with Crippen LogP contribution in [0.1, 0.15) is 42.9 Å². The largest absolute Gasteiger partial charge is 0.396 e. The molecule has 0 aliphatic heterocycles. The number of nitrogens with one attached hydrogen (secondary N) is 1. The van der Waals surface area contributed by atoms with Crippen molar-refractivity contribution in [3.63, 3.8) is 0 Å². The molecule has 2 heterocycles. The highest BCUT2D eigenvalue weighted by atomic mass is 19.1. The lowest BCUT2D eigenvalue weighted by Crippen LogP contribution is -2.28. The van der Waals surface area contributed by atoms with Gasteiger partial charge in [0.05, 0.1) is 0 Å². The molecule has 0 atom stereocenters. The molecule has 0 radical (unpaired) electrons. The molecule has 0 spiro atoms. The predicted octanol–water partition coefficient (Wildman–Crippen LogP) is 3.63. The van der Waals surface area contributed by atoms with Gasteiger partial charge in [-0.15, -0.1) is 0 Å². The number of pyridine rings is 1. The first-order chi connectivity index (χ1) is 13.6. The third-order valence-electron chi connectivity index (χ3n) is 5.44. The Balaban J connectivity index is 1.76. The van der Waals surface area contributed by atoms with E-state index in [9.17, 15) is 9.18 Å². The zero-order valence-electron chi connectivity index (χ0n) is 15.8. The highest BCUT2D eigenvalue weighted by Gasteiger charge is 2.24. The molecule has 1 saturated carbocycles. The van der Waals surface area contributed by atoms with Gasteiger partial charge in [0.15, 0.2) is 5.82 Å². The van der Waals surface area contributed by atoms with Gasteiger partial charge in [-0.05, 0) is 43.9 Å². The van der Waals surface area contributed by atoms with Crippen LogP contribution in [0.15, 0.2) is 35.3 Å². The summed E-state index contributed by atoms with van der Waals surface area (Å²) in [4.78, 5) is 21.5. The third-order valence-corrected chi connectivity index (χ3v) is 5.44. The molecule has 1 aliphatic carbocycles. The molecule has 0 saturated heterocycles. The summed E-state index contributed by atoms with van der Waals surface area (Å²) >= 11 is 0. The topological polar surface area (TPSA) is 80.0 Å². The first-order valence-electron chi connectivity index (χ1n) is 9.62. The average molecular weight is 382 g/mol. The summed E-state index contributed by atoms with van der Waals surface area (Å²) in [5.41, 5.74) is 2.00. The average Bonchev–Trinajstić information content (AvgIpc) is 3.22. The molecule has 1 fully saturated rings. The number of halogens is 1. The SMILES string of the molecule is Cc1c(F)c(=O)n(C2CCCC2)c2nc(Nc3ccc(CCO)cc3)ncc12. The minimum Gasteiger partial charge on any atom is -0.396 e. The number of benzene rings is 1. The highest BCUT2D eigenvalue weighted by Crippen LogP contribution is 2.31. The molecule has 1 aromatic carbocycles. The number of hydrogen-bond donors (Lipinski definition) is 2. The summed E-state index contributed by atoms with van der Waals surface area (Å²) in [6, 6.07) is 7.60. The van der Waals surface area contributed by atoms with Crippen molar-refractivity contribution in [3.05, 3.63) is 57.8 Å². The number of rotatable bonds is 5. The van der Waals surface area contributed by atoms with E-state index in [1.54, 1.807) is 13.1 Å². The molecule has 1 aliphatic rings. The minimum atomic E-state index is -0.719. The molecular weight excluding hydrogens is 359 g/mol. The van der Waals surface area contributed by atoms with Crippen molar-refractivity contribution in [1.29, 1.82) is 0 Å². The maximum absolute atomic E-state index is 14.5. The van der Waals surface area contributed by atoms with Crippen molar-refractivity contribution >= 4 is 22.7 Å². The van der Waals surface area contributed by atoms with E-state index in [1.165, 1.54) is 4.57 Å². The Kier molecular flexibility index (Phi) is 5.09. The van der Waals surface area contributed by atoms with E-state index in [4.69, 9.17) is 5.11 Å². The molecule has 0 unspecified atom stereocenters. The molecule has 6 nitrogen and oxygen atoms in total. The van der Waals surface area contributed by atoms with Crippen LogP contribution in [0.25, 0.3) is 11.0 Å². The van der Waals surface area contributed by atoms with E-state index in [0.717, 1.165) is 36.9 Å². The zero-order chi connectivity index (χ0) is 19.7. The molecule has 2 N–H and O–H groups in total. The van der Waals surface area contributed by atoms with Gasteiger partial charge < -0.3 is 10.4 Å². The van der Waals surface area contributed by atoms with Crippen molar-refractivity contribution in [3.8, 4) is 0 Å². The number of hydrogen-bond acceptors (Lipinski definition) is 5. The standard InChI is InChI=1S/C21H23FN4O2/c1-13-17-12-23-21(24-15-8-6-14(7-9-15)10-11-27)25-19(17)26(20(28)18(13)22)16-4-2-3-5-16/h6-9,12,16,27H,2-5,10-11H2,1H3,(H,23,24,25). The lowest BCUT2D eigenvalue weighted by Gasteiger charge is -2.18. The van der Waals surface area contributed by atoms with Gasteiger partial charge in [-0.1, -0.05) is 25.0 Å². The quantitative estimate of drug-likeness (QED) is 0.704. The van der Waals surface area contributed by atoms with E-state index in [0.29, 0.717) is 23.4 Å². The molecule has 2 aromatic heterocycles. The van der Waals surface area contributed by atoms with Gasteiger partial charge in [-0.2, -0.15) is 4.98 Å². The lowest BCUT2D eigenvalue weighted by atomic mass is 10.1. The maximum Gasteiger partial charge on any atom is 0.288 e. The highest BCUT2D eigenvalue weighted by molar-refractivity contribution is 5.79. The van der Waals surface area contributed by atoms with Gasteiger partial charge in [-0.3, -0.25) is 9.36 Å². The normalized spacial score (nSPS) is 14.7. The second-order valence-corrected chi connectivity index (χ2v) is 7.28. The van der Waals surface area contributed by atoms with Gasteiger partial charge in [0.1, 0.15) is 5.65 Å². The Morgan fingerprint density at radius 1 is 1.25 bits per heavy atom. The molecule has 7 heteroatoms. The summed E-state index contributed by atoms with van der Waals surface area (Å²) in [5.74, 6) is -0.359. The summed E-state index contributed by atoms with van der Waals surface area (Å²) < 4.78 is 16.0. The second-order valence-electron chi connectivity index (χ2n) is 7.28. The minimum absolute atomic E-state index is 0.0226. The van der Waals surface area contributed by atoms with E-state index in [2.05, 4.69) is 15.3 Å². The summed E-state index contributed by atoms with van der Waals surface area (Å²) in [7, 11) is 0. The zero-order valence-corrected chi connectivity index (χ0v) is 15.8. The number of aryl methyl sites for hydroxylation is 1. The summed E-state index contributed by atoms with van der Waals surface area (Å²) in [6.45, 7) is 1.70. The van der Waals surface area contributed by atoms with Crippen LogP contribution in [-0.2, 0) is 6.42 Å². The van der Waals surface area contributed by atoms with Gasteiger partial charge in [0.2, 0.25) is 5.95 Å². The number of aromatic nitrogens is 3. The van der Waals surface area contributed by atoms with E-state index >= 15 is 0 Å². The van der Waals surface area contributed by atoms with Crippen LogP contribution in [0.5, 0.6) is 0 Å². The molecule has 0 bridgehead atoms. The van der Waals surface area contributed by atoms with Gasteiger partial charge in [0, 0.05) is 35.5 Å². The number of nitrogens with zero attached hydrogens (tertiary/aromatic N) is 3. The van der Waals surface area contributed by atoms with Crippen LogP contribution in [0.2, 0.25) is 0 Å². The fourth-order valence-corrected chi connectivity index (χ4v) is 3.88. The Labute approximate surface area is 162 Å². The molecular formula is C21H23FN4O2. The third kappa shape index (κ3) is 3.38. The van der Waals surface area contributed by atoms with Crippen LogP contribution in [0.3, 0.4) is 0 Å². The first kappa shape index (κ1) is 18.6. The van der Waals surface area contributed by atoms with Crippen molar-refractivity contribution in [2.45, 2.75) is 45.1 Å². The molecule has 28 heavy (non-hydrogen) atoms. The predicted molar refractivity (Wildman–Crippen MR) is 107 cm³/mol. The van der Waals surface area contributed by atoms with Crippen LogP contribution in [0, 0.1) is 12.7 Å².